The highest BCUT2D eigenvalue weighted by molar-refractivity contribution is 5.91. The molecule has 0 aromatic carbocycles. The van der Waals surface area contributed by atoms with Crippen molar-refractivity contribution < 1.29 is 9.63 Å². The maximum Gasteiger partial charge on any atom is 0.269 e. The van der Waals surface area contributed by atoms with Crippen molar-refractivity contribution >= 4 is 5.91 Å². The van der Waals surface area contributed by atoms with Crippen LogP contribution in [-0.4, -0.2) is 12.5 Å². The van der Waals surface area contributed by atoms with Crippen LogP contribution in [0.15, 0.2) is 24.8 Å². The number of allylic oxidation sites excluding steroid dienone is 1. The molecule has 0 atom stereocenters. The summed E-state index contributed by atoms with van der Waals surface area (Å²) in [7, 11) is 0. The summed E-state index contributed by atoms with van der Waals surface area (Å²) in [5.41, 5.74) is 2.82. The molecular formula is C14H25NO2. The summed E-state index contributed by atoms with van der Waals surface area (Å²) in [4.78, 5) is 16.1. The zero-order valence-electron chi connectivity index (χ0n) is 11.0. The van der Waals surface area contributed by atoms with Crippen molar-refractivity contribution in [2.45, 2.75) is 51.9 Å². The predicted octanol–water partition coefficient (Wildman–Crippen LogP) is 3.53. The van der Waals surface area contributed by atoms with Gasteiger partial charge in [0.15, 0.2) is 0 Å². The molecule has 0 aliphatic heterocycles. The van der Waals surface area contributed by atoms with Gasteiger partial charge in [0.05, 0.1) is 6.61 Å². The zero-order chi connectivity index (χ0) is 12.9. The van der Waals surface area contributed by atoms with Crippen LogP contribution in [0.3, 0.4) is 0 Å². The summed E-state index contributed by atoms with van der Waals surface area (Å²) in [6.45, 7) is 9.45. The van der Waals surface area contributed by atoms with Gasteiger partial charge in [-0.25, -0.2) is 5.48 Å². The largest absolute Gasteiger partial charge is 0.273 e. The van der Waals surface area contributed by atoms with Crippen LogP contribution < -0.4 is 5.48 Å². The highest BCUT2D eigenvalue weighted by Gasteiger charge is 1.99. The Balaban J connectivity index is 3.11. The van der Waals surface area contributed by atoms with Gasteiger partial charge in [0.2, 0.25) is 0 Å². The standard InChI is InChI=1S/C14H25NO2/c1-4-5-6-7-8-9-10-11-12-17-15-14(16)13(2)3/h4H,1-2,5-12H2,3H3,(H,15,16). The number of unbranched alkanes of at least 4 members (excludes halogenated alkanes) is 6. The average Bonchev–Trinajstić information content (AvgIpc) is 2.31. The van der Waals surface area contributed by atoms with Crippen LogP contribution in [0, 0.1) is 0 Å². The average molecular weight is 239 g/mol. The topological polar surface area (TPSA) is 38.3 Å². The molecule has 0 unspecified atom stereocenters. The quantitative estimate of drug-likeness (QED) is 0.259. The van der Waals surface area contributed by atoms with E-state index in [1.165, 1.54) is 25.7 Å². The monoisotopic (exact) mass is 239 g/mol. The molecule has 0 spiro atoms. The third-order valence-electron chi connectivity index (χ3n) is 2.46. The highest BCUT2D eigenvalue weighted by atomic mass is 16.6. The lowest BCUT2D eigenvalue weighted by molar-refractivity contribution is -0.129. The highest BCUT2D eigenvalue weighted by Crippen LogP contribution is 2.07. The molecule has 0 aromatic heterocycles. The molecule has 0 aliphatic rings. The van der Waals surface area contributed by atoms with Crippen LogP contribution >= 0.6 is 0 Å². The lowest BCUT2D eigenvalue weighted by Crippen LogP contribution is -2.24. The van der Waals surface area contributed by atoms with Crippen molar-refractivity contribution in [3.05, 3.63) is 24.8 Å². The van der Waals surface area contributed by atoms with Gasteiger partial charge in [0, 0.05) is 5.57 Å². The van der Waals surface area contributed by atoms with Crippen molar-refractivity contribution in [1.29, 1.82) is 0 Å². The Morgan fingerprint density at radius 3 is 2.35 bits per heavy atom. The molecular weight excluding hydrogens is 214 g/mol. The fourth-order valence-corrected chi connectivity index (χ4v) is 1.37. The maximum absolute atomic E-state index is 11.0. The van der Waals surface area contributed by atoms with Crippen LogP contribution in [0.4, 0.5) is 0 Å². The molecule has 0 saturated heterocycles. The second kappa shape index (κ2) is 11.4. The molecule has 0 fully saturated rings. The third-order valence-corrected chi connectivity index (χ3v) is 2.46. The minimum Gasteiger partial charge on any atom is -0.273 e. The van der Waals surface area contributed by atoms with E-state index in [2.05, 4.69) is 18.6 Å². The summed E-state index contributed by atoms with van der Waals surface area (Å²) in [5, 5.41) is 0. The fourth-order valence-electron chi connectivity index (χ4n) is 1.37. The van der Waals surface area contributed by atoms with Crippen LogP contribution in [0.5, 0.6) is 0 Å². The number of carbonyl (C=O) groups excluding carboxylic acids is 1. The number of carbonyl (C=O) groups is 1. The lowest BCUT2D eigenvalue weighted by Gasteiger charge is -2.05. The van der Waals surface area contributed by atoms with E-state index in [4.69, 9.17) is 4.84 Å². The van der Waals surface area contributed by atoms with Gasteiger partial charge >= 0.3 is 0 Å². The Morgan fingerprint density at radius 2 is 1.76 bits per heavy atom. The number of hydroxylamine groups is 1. The number of hydrogen-bond donors (Lipinski definition) is 1. The molecule has 1 amide bonds. The van der Waals surface area contributed by atoms with Crippen molar-refractivity contribution in [2.75, 3.05) is 6.61 Å². The Kier molecular flexibility index (Phi) is 10.7. The summed E-state index contributed by atoms with van der Waals surface area (Å²) in [5.74, 6) is -0.241. The molecule has 0 heterocycles. The Labute approximate surface area is 105 Å². The Morgan fingerprint density at radius 1 is 1.18 bits per heavy atom. The summed E-state index contributed by atoms with van der Waals surface area (Å²) in [6.07, 6.45) is 10.2. The minimum absolute atomic E-state index is 0.241. The second-order valence-corrected chi connectivity index (χ2v) is 4.26. The van der Waals surface area contributed by atoms with Crippen molar-refractivity contribution in [3.63, 3.8) is 0 Å². The van der Waals surface area contributed by atoms with Gasteiger partial charge in [-0.3, -0.25) is 9.63 Å². The van der Waals surface area contributed by atoms with Crippen LogP contribution in [-0.2, 0) is 9.63 Å². The summed E-state index contributed by atoms with van der Waals surface area (Å²) < 4.78 is 0. The van der Waals surface area contributed by atoms with Gasteiger partial charge in [-0.1, -0.05) is 38.3 Å². The van der Waals surface area contributed by atoms with E-state index in [1.54, 1.807) is 6.92 Å². The van der Waals surface area contributed by atoms with E-state index in [-0.39, 0.29) is 5.91 Å². The third kappa shape index (κ3) is 11.2. The second-order valence-electron chi connectivity index (χ2n) is 4.26. The van der Waals surface area contributed by atoms with E-state index < -0.39 is 0 Å². The van der Waals surface area contributed by atoms with Crippen LogP contribution in [0.25, 0.3) is 0 Å². The smallest absolute Gasteiger partial charge is 0.269 e. The molecule has 0 aliphatic carbocycles. The predicted molar refractivity (Wildman–Crippen MR) is 71.4 cm³/mol. The number of amides is 1. The molecule has 0 bridgehead atoms. The van der Waals surface area contributed by atoms with Crippen molar-refractivity contribution in [3.8, 4) is 0 Å². The van der Waals surface area contributed by atoms with Gasteiger partial charge in [-0.2, -0.15) is 0 Å². The van der Waals surface area contributed by atoms with Crippen molar-refractivity contribution in [1.82, 2.24) is 5.48 Å². The maximum atomic E-state index is 11.0. The van der Waals surface area contributed by atoms with Gasteiger partial charge < -0.3 is 0 Å². The number of rotatable bonds is 11. The first-order valence-electron chi connectivity index (χ1n) is 6.37. The first-order chi connectivity index (χ1) is 8.18. The van der Waals surface area contributed by atoms with E-state index in [0.717, 1.165) is 19.3 Å². The normalized spacial score (nSPS) is 9.94. The molecule has 0 aromatic rings. The molecule has 98 valence electrons. The van der Waals surface area contributed by atoms with Gasteiger partial charge in [0.25, 0.3) is 5.91 Å². The van der Waals surface area contributed by atoms with E-state index in [9.17, 15) is 4.79 Å². The molecule has 1 N–H and O–H groups in total. The molecule has 0 saturated carbocycles. The van der Waals surface area contributed by atoms with E-state index in [0.29, 0.717) is 12.2 Å². The molecule has 17 heavy (non-hydrogen) atoms. The first-order valence-corrected chi connectivity index (χ1v) is 6.37. The van der Waals surface area contributed by atoms with Crippen LogP contribution in [0.2, 0.25) is 0 Å². The number of hydrogen-bond acceptors (Lipinski definition) is 2. The molecule has 0 radical (unpaired) electrons. The SMILES string of the molecule is C=CCCCCCCCCONC(=O)C(=C)C. The lowest BCUT2D eigenvalue weighted by atomic mass is 10.1. The van der Waals surface area contributed by atoms with Gasteiger partial charge in [0.1, 0.15) is 0 Å². The van der Waals surface area contributed by atoms with Crippen molar-refractivity contribution in [2.24, 2.45) is 0 Å². The molecule has 0 rings (SSSR count). The Bertz CT molecular complexity index is 236. The summed E-state index contributed by atoms with van der Waals surface area (Å²) in [6, 6.07) is 0. The number of nitrogens with one attached hydrogen (secondary N) is 1. The summed E-state index contributed by atoms with van der Waals surface area (Å²) >= 11 is 0. The van der Waals surface area contributed by atoms with Gasteiger partial charge in [-0.05, 0) is 26.2 Å². The zero-order valence-corrected chi connectivity index (χ0v) is 11.0. The molecule has 3 heteroatoms. The van der Waals surface area contributed by atoms with Gasteiger partial charge in [-0.15, -0.1) is 6.58 Å². The van der Waals surface area contributed by atoms with Crippen LogP contribution in [0.1, 0.15) is 51.9 Å². The first kappa shape index (κ1) is 15.9. The van der Waals surface area contributed by atoms with E-state index >= 15 is 0 Å². The fraction of sp³-hybridized carbons (Fsp3) is 0.643. The molecule has 3 nitrogen and oxygen atoms in total. The van der Waals surface area contributed by atoms with E-state index in [1.807, 2.05) is 6.08 Å². The minimum atomic E-state index is -0.241. The Hall–Kier alpha value is -1.09.